The summed E-state index contributed by atoms with van der Waals surface area (Å²) in [5.41, 5.74) is 0. The van der Waals surface area contributed by atoms with Gasteiger partial charge in [0.05, 0.1) is 6.10 Å². The molecule has 0 saturated heterocycles. The van der Waals surface area contributed by atoms with E-state index in [1.54, 1.807) is 0 Å². The largest absolute Gasteiger partial charge is 0.393 e. The standard InChI is InChI=1S/C6H14O.Zn/c1-3-5-6(7)4-2;/h6-7H,3-5H2,1-2H3;. The maximum absolute atomic E-state index is 8.86. The Kier molecular flexibility index (Phi) is 10.8. The summed E-state index contributed by atoms with van der Waals surface area (Å²) >= 11 is 0. The summed E-state index contributed by atoms with van der Waals surface area (Å²) < 4.78 is 0. The molecule has 1 N–H and O–H groups in total. The van der Waals surface area contributed by atoms with Crippen molar-refractivity contribution in [1.29, 1.82) is 0 Å². The fraction of sp³-hybridized carbons (Fsp3) is 1.00. The maximum Gasteiger partial charge on any atom is 0.0537 e. The van der Waals surface area contributed by atoms with Gasteiger partial charge in [0, 0.05) is 19.5 Å². The second-order valence-electron chi connectivity index (χ2n) is 1.85. The molecule has 0 radical (unpaired) electrons. The Balaban J connectivity index is 0. The minimum atomic E-state index is -0.0509. The zero-order valence-electron chi connectivity index (χ0n) is 5.85. The van der Waals surface area contributed by atoms with E-state index in [0.29, 0.717) is 0 Å². The van der Waals surface area contributed by atoms with Crippen molar-refractivity contribution in [3.8, 4) is 0 Å². The van der Waals surface area contributed by atoms with Gasteiger partial charge in [0.25, 0.3) is 0 Å². The van der Waals surface area contributed by atoms with Gasteiger partial charge < -0.3 is 5.11 Å². The van der Waals surface area contributed by atoms with Gasteiger partial charge in [-0.3, -0.25) is 0 Å². The molecule has 0 spiro atoms. The van der Waals surface area contributed by atoms with Crippen LogP contribution < -0.4 is 0 Å². The van der Waals surface area contributed by atoms with E-state index in [1.807, 2.05) is 6.92 Å². The van der Waals surface area contributed by atoms with Crippen molar-refractivity contribution in [2.75, 3.05) is 0 Å². The van der Waals surface area contributed by atoms with Crippen molar-refractivity contribution in [3.63, 3.8) is 0 Å². The Morgan fingerprint density at radius 1 is 1.38 bits per heavy atom. The number of hydrogen-bond acceptors (Lipinski definition) is 1. The van der Waals surface area contributed by atoms with Crippen molar-refractivity contribution in [2.45, 2.75) is 39.2 Å². The van der Waals surface area contributed by atoms with Crippen LogP contribution in [0.25, 0.3) is 0 Å². The van der Waals surface area contributed by atoms with Gasteiger partial charge in [0.15, 0.2) is 0 Å². The molecule has 0 aliphatic rings. The molecule has 0 heterocycles. The Hall–Kier alpha value is 0.583. The van der Waals surface area contributed by atoms with Crippen LogP contribution >= 0.6 is 0 Å². The van der Waals surface area contributed by atoms with Crippen molar-refractivity contribution < 1.29 is 24.6 Å². The first-order chi connectivity index (χ1) is 3.31. The molecule has 1 unspecified atom stereocenters. The zero-order chi connectivity index (χ0) is 5.70. The van der Waals surface area contributed by atoms with Crippen molar-refractivity contribution in [1.82, 2.24) is 0 Å². The van der Waals surface area contributed by atoms with Gasteiger partial charge >= 0.3 is 0 Å². The smallest absolute Gasteiger partial charge is 0.0537 e. The zero-order valence-corrected chi connectivity index (χ0v) is 8.82. The number of aliphatic hydroxyl groups excluding tert-OH is 1. The molecule has 0 rings (SSSR count). The Morgan fingerprint density at radius 2 is 1.88 bits per heavy atom. The molecule has 1 atom stereocenters. The SMILES string of the molecule is CCCC(O)CC.[Zn]. The van der Waals surface area contributed by atoms with Crippen LogP contribution in [-0.2, 0) is 19.5 Å². The van der Waals surface area contributed by atoms with Gasteiger partial charge in [-0.25, -0.2) is 0 Å². The van der Waals surface area contributed by atoms with Crippen LogP contribution in [0.5, 0.6) is 0 Å². The van der Waals surface area contributed by atoms with Gasteiger partial charge in [-0.2, -0.15) is 0 Å². The van der Waals surface area contributed by atoms with E-state index < -0.39 is 0 Å². The predicted octanol–water partition coefficient (Wildman–Crippen LogP) is 1.55. The second kappa shape index (κ2) is 7.58. The normalized spacial score (nSPS) is 12.4. The van der Waals surface area contributed by atoms with E-state index >= 15 is 0 Å². The molecule has 46 valence electrons. The first-order valence-electron chi connectivity index (χ1n) is 2.99. The molecule has 0 aromatic carbocycles. The molecule has 2 heteroatoms. The van der Waals surface area contributed by atoms with E-state index in [2.05, 4.69) is 6.92 Å². The Bertz CT molecular complexity index is 39.5. The van der Waals surface area contributed by atoms with E-state index in [-0.39, 0.29) is 25.6 Å². The molecule has 0 fully saturated rings. The molecule has 0 amide bonds. The molecule has 0 bridgehead atoms. The van der Waals surface area contributed by atoms with Crippen molar-refractivity contribution in [2.24, 2.45) is 0 Å². The van der Waals surface area contributed by atoms with Crippen molar-refractivity contribution in [3.05, 3.63) is 0 Å². The molecular formula is C6H14OZn. The van der Waals surface area contributed by atoms with Gasteiger partial charge in [-0.15, -0.1) is 0 Å². The minimum Gasteiger partial charge on any atom is -0.393 e. The third kappa shape index (κ3) is 6.58. The summed E-state index contributed by atoms with van der Waals surface area (Å²) in [5.74, 6) is 0. The van der Waals surface area contributed by atoms with Gasteiger partial charge in [-0.05, 0) is 12.8 Å². The molecule has 0 saturated carbocycles. The third-order valence-corrected chi connectivity index (χ3v) is 1.09. The van der Waals surface area contributed by atoms with E-state index in [0.717, 1.165) is 19.3 Å². The van der Waals surface area contributed by atoms with Crippen LogP contribution in [0.3, 0.4) is 0 Å². The monoisotopic (exact) mass is 166 g/mol. The number of hydrogen-bond donors (Lipinski definition) is 1. The summed E-state index contributed by atoms with van der Waals surface area (Å²) in [6, 6.07) is 0. The maximum atomic E-state index is 8.86. The second-order valence-corrected chi connectivity index (χ2v) is 1.85. The van der Waals surface area contributed by atoms with Gasteiger partial charge in [0.1, 0.15) is 0 Å². The van der Waals surface area contributed by atoms with Crippen molar-refractivity contribution >= 4 is 0 Å². The molecule has 0 aliphatic heterocycles. The topological polar surface area (TPSA) is 20.2 Å². The molecule has 1 nitrogen and oxygen atoms in total. The predicted molar refractivity (Wildman–Crippen MR) is 31.2 cm³/mol. The van der Waals surface area contributed by atoms with Crippen LogP contribution in [-0.4, -0.2) is 11.2 Å². The summed E-state index contributed by atoms with van der Waals surface area (Å²) in [6.45, 7) is 4.08. The van der Waals surface area contributed by atoms with Crippen LogP contribution in [0.15, 0.2) is 0 Å². The summed E-state index contributed by atoms with van der Waals surface area (Å²) in [6.07, 6.45) is 2.89. The first kappa shape index (κ1) is 11.4. The Labute approximate surface area is 64.2 Å². The fourth-order valence-electron chi connectivity index (χ4n) is 0.537. The van der Waals surface area contributed by atoms with Crippen LogP contribution in [0.2, 0.25) is 0 Å². The quantitative estimate of drug-likeness (QED) is 0.633. The van der Waals surface area contributed by atoms with Crippen LogP contribution in [0, 0.1) is 0 Å². The van der Waals surface area contributed by atoms with E-state index in [4.69, 9.17) is 5.11 Å². The van der Waals surface area contributed by atoms with Gasteiger partial charge in [-0.1, -0.05) is 20.3 Å². The summed E-state index contributed by atoms with van der Waals surface area (Å²) in [4.78, 5) is 0. The number of aliphatic hydroxyl groups is 1. The molecule has 0 aliphatic carbocycles. The fourth-order valence-corrected chi connectivity index (χ4v) is 0.537. The first-order valence-corrected chi connectivity index (χ1v) is 2.99. The number of rotatable bonds is 3. The molecule has 8 heavy (non-hydrogen) atoms. The average Bonchev–Trinajstić information content (AvgIpc) is 1.68. The Morgan fingerprint density at radius 3 is 2.00 bits per heavy atom. The van der Waals surface area contributed by atoms with Crippen LogP contribution in [0.4, 0.5) is 0 Å². The summed E-state index contributed by atoms with van der Waals surface area (Å²) in [5, 5.41) is 8.86. The van der Waals surface area contributed by atoms with Gasteiger partial charge in [0.2, 0.25) is 0 Å². The molecular weight excluding hydrogens is 153 g/mol. The summed E-state index contributed by atoms with van der Waals surface area (Å²) in [7, 11) is 0. The van der Waals surface area contributed by atoms with E-state index in [9.17, 15) is 0 Å². The third-order valence-electron chi connectivity index (χ3n) is 1.09. The average molecular weight is 168 g/mol. The minimum absolute atomic E-state index is 0. The molecule has 0 aromatic rings. The van der Waals surface area contributed by atoms with Crippen LogP contribution in [0.1, 0.15) is 33.1 Å². The van der Waals surface area contributed by atoms with E-state index in [1.165, 1.54) is 0 Å². The molecule has 0 aromatic heterocycles.